The van der Waals surface area contributed by atoms with Gasteiger partial charge in [0.05, 0.1) is 49.5 Å². The second-order valence-electron chi connectivity index (χ2n) is 28.9. The van der Waals surface area contributed by atoms with E-state index < -0.39 is 129 Å². The molecule has 0 saturated carbocycles. The number of nitrogens with zero attached hydrogens (tertiary/aromatic N) is 4. The molecule has 0 saturated heterocycles. The predicted molar refractivity (Wildman–Crippen MR) is 357 cm³/mol. The predicted octanol–water partition coefficient (Wildman–Crippen LogP) is 14.8. The second kappa shape index (κ2) is 26.4. The lowest BCUT2D eigenvalue weighted by molar-refractivity contribution is -0.160. The monoisotopic (exact) mass is 1420 g/mol. The summed E-state index contributed by atoms with van der Waals surface area (Å²) >= 11 is 6.85. The first-order valence-corrected chi connectivity index (χ1v) is 31.8. The highest BCUT2D eigenvalue weighted by molar-refractivity contribution is 9.10. The number of fused-ring (bicyclic) bond motifs is 4. The number of amides is 4. The van der Waals surface area contributed by atoms with Gasteiger partial charge in [-0.1, -0.05) is 80.4 Å². The van der Waals surface area contributed by atoms with Crippen LogP contribution in [0, 0.1) is 0 Å². The Labute approximate surface area is 563 Å². The fraction of sp³-hybridized carbons (Fsp3) is 0.457. The van der Waals surface area contributed by atoms with Gasteiger partial charge in [0.15, 0.2) is 0 Å². The molecule has 4 atom stereocenters. The maximum Gasteiger partial charge on any atom is 0.421 e. The molecule has 2 aliphatic heterocycles. The van der Waals surface area contributed by atoms with Gasteiger partial charge in [-0.25, -0.2) is 29.0 Å². The third-order valence-electron chi connectivity index (χ3n) is 14.5. The molecule has 0 radical (unpaired) electrons. The molecule has 94 heavy (non-hydrogen) atoms. The topological polar surface area (TPSA) is 261 Å². The minimum atomic E-state index is -2.08. The summed E-state index contributed by atoms with van der Waals surface area (Å²) in [6.07, 6.45) is -1.89. The molecule has 504 valence electrons. The SMILES string of the molecule is COC(=O)[C@H](c1cn(C(=O)OC(C)(C)C)c2ccccc12)[C@]1(CC(=O)OC(C)(C)C)C(=O)N(C(=O)OC(C)(C)C)c2cc(Br)ccc21.COC(=O)[C@H](c1cn(C(=O)OC(C)(C)C)c2ccccc12)[C@]1(CC(=O)OC(C)(C)C)C(=O)N(C(=O)OC(C)(C)C)c2cc(Br)ccc21. The van der Waals surface area contributed by atoms with Crippen LogP contribution in [-0.2, 0) is 77.5 Å². The molecule has 0 unspecified atom stereocenters. The van der Waals surface area contributed by atoms with Gasteiger partial charge >= 0.3 is 48.3 Å². The molecule has 22 nitrogen and oxygen atoms in total. The molecule has 8 rings (SSSR count). The number of esters is 4. The van der Waals surface area contributed by atoms with Gasteiger partial charge in [0.2, 0.25) is 11.8 Å². The van der Waals surface area contributed by atoms with Crippen LogP contribution in [0.15, 0.2) is 106 Å². The largest absolute Gasteiger partial charge is 0.469 e. The first kappa shape index (κ1) is 73.0. The van der Waals surface area contributed by atoms with E-state index in [0.717, 1.165) is 24.0 Å². The minimum absolute atomic E-state index is 0.118. The highest BCUT2D eigenvalue weighted by Gasteiger charge is 2.65. The Morgan fingerprint density at radius 2 is 0.702 bits per heavy atom. The lowest BCUT2D eigenvalue weighted by atomic mass is 9.66. The smallest absolute Gasteiger partial charge is 0.421 e. The van der Waals surface area contributed by atoms with Crippen molar-refractivity contribution in [1.29, 1.82) is 0 Å². The number of para-hydroxylation sites is 2. The van der Waals surface area contributed by atoms with Crippen LogP contribution in [0.5, 0.6) is 0 Å². The van der Waals surface area contributed by atoms with Crippen molar-refractivity contribution < 1.29 is 85.8 Å². The van der Waals surface area contributed by atoms with E-state index in [1.807, 2.05) is 0 Å². The summed E-state index contributed by atoms with van der Waals surface area (Å²) in [5.41, 5.74) is -7.87. The van der Waals surface area contributed by atoms with Gasteiger partial charge in [-0.3, -0.25) is 37.9 Å². The number of hydrogen-bond acceptors (Lipinski definition) is 18. The first-order valence-electron chi connectivity index (χ1n) is 30.2. The molecular weight excluding hydrogens is 1340 g/mol. The van der Waals surface area contributed by atoms with E-state index in [0.29, 0.717) is 30.8 Å². The van der Waals surface area contributed by atoms with E-state index in [-0.39, 0.29) is 33.6 Å². The maximum atomic E-state index is 15.0. The minimum Gasteiger partial charge on any atom is -0.469 e. The van der Waals surface area contributed by atoms with Crippen molar-refractivity contribution >= 4 is 125 Å². The molecule has 4 heterocycles. The van der Waals surface area contributed by atoms with E-state index in [1.54, 1.807) is 210 Å². The van der Waals surface area contributed by atoms with Gasteiger partial charge in [-0.05, 0) is 183 Å². The number of rotatable bonds is 10. The highest BCUT2D eigenvalue weighted by Crippen LogP contribution is 2.57. The normalized spacial score (nSPS) is 17.3. The first-order chi connectivity index (χ1) is 43.2. The molecule has 4 aromatic carbocycles. The van der Waals surface area contributed by atoms with Crippen LogP contribution in [-0.4, -0.2) is 117 Å². The molecule has 6 aromatic rings. The number of aromatic nitrogens is 2. The molecule has 0 fully saturated rings. The summed E-state index contributed by atoms with van der Waals surface area (Å²) in [7, 11) is 2.33. The average molecular weight is 1430 g/mol. The van der Waals surface area contributed by atoms with E-state index in [4.69, 9.17) is 37.9 Å². The van der Waals surface area contributed by atoms with Crippen molar-refractivity contribution in [2.24, 2.45) is 0 Å². The number of carbonyl (C=O) groups is 10. The summed E-state index contributed by atoms with van der Waals surface area (Å²) in [6, 6.07) is 23.1. The number of hydrogen-bond donors (Lipinski definition) is 0. The fourth-order valence-electron chi connectivity index (χ4n) is 11.5. The quantitative estimate of drug-likeness (QED) is 0.0911. The van der Waals surface area contributed by atoms with Crippen molar-refractivity contribution in [2.75, 3.05) is 24.0 Å². The van der Waals surface area contributed by atoms with Gasteiger partial charge in [-0.2, -0.15) is 0 Å². The summed E-state index contributed by atoms with van der Waals surface area (Å²) in [6.45, 7) is 30.4. The molecule has 0 bridgehead atoms. The van der Waals surface area contributed by atoms with Crippen LogP contribution in [0.1, 0.15) is 172 Å². The van der Waals surface area contributed by atoms with Crippen molar-refractivity contribution in [1.82, 2.24) is 9.13 Å². The summed E-state index contributed by atoms with van der Waals surface area (Å²) in [5, 5.41) is 0.860. The summed E-state index contributed by atoms with van der Waals surface area (Å²) in [4.78, 5) is 142. The van der Waals surface area contributed by atoms with Crippen molar-refractivity contribution in [3.05, 3.63) is 129 Å². The van der Waals surface area contributed by atoms with Crippen molar-refractivity contribution in [2.45, 2.75) is 194 Å². The van der Waals surface area contributed by atoms with E-state index in [9.17, 15) is 38.4 Å². The van der Waals surface area contributed by atoms with Gasteiger partial charge in [-0.15, -0.1) is 0 Å². The molecule has 4 amide bonds. The average Bonchev–Trinajstić information content (AvgIpc) is 1.54. The molecule has 0 spiro atoms. The third-order valence-corrected chi connectivity index (χ3v) is 15.5. The lowest BCUT2D eigenvalue weighted by Gasteiger charge is -2.35. The molecule has 0 aliphatic carbocycles. The molecule has 0 N–H and O–H groups in total. The number of imide groups is 2. The van der Waals surface area contributed by atoms with Crippen LogP contribution >= 0.6 is 31.9 Å². The number of anilines is 2. The van der Waals surface area contributed by atoms with Crippen LogP contribution in [0.2, 0.25) is 0 Å². The second-order valence-corrected chi connectivity index (χ2v) is 30.7. The molecule has 24 heteroatoms. The Morgan fingerprint density at radius 3 is 0.989 bits per heavy atom. The number of carbonyl (C=O) groups excluding carboxylic acids is 10. The molecule has 2 aromatic heterocycles. The van der Waals surface area contributed by atoms with E-state index in [2.05, 4.69) is 31.9 Å². The number of benzene rings is 4. The lowest BCUT2D eigenvalue weighted by Crippen LogP contribution is -2.51. The fourth-order valence-corrected chi connectivity index (χ4v) is 12.2. The number of methoxy groups -OCH3 is 2. The zero-order valence-electron chi connectivity index (χ0n) is 56.7. The third kappa shape index (κ3) is 15.5. The van der Waals surface area contributed by atoms with Crippen LogP contribution in [0.25, 0.3) is 21.8 Å². The van der Waals surface area contributed by atoms with Crippen LogP contribution in [0.4, 0.5) is 30.6 Å². The van der Waals surface area contributed by atoms with Gasteiger partial charge in [0, 0.05) is 32.1 Å². The van der Waals surface area contributed by atoms with E-state index >= 15 is 9.59 Å². The molecular formula is C70H82Br2N4O18. The van der Waals surface area contributed by atoms with Gasteiger partial charge in [0.25, 0.3) is 0 Å². The van der Waals surface area contributed by atoms with E-state index in [1.165, 1.54) is 21.5 Å². The highest BCUT2D eigenvalue weighted by atomic mass is 79.9. The number of ether oxygens (including phenoxy) is 8. The van der Waals surface area contributed by atoms with Gasteiger partial charge < -0.3 is 37.9 Å². The zero-order chi connectivity index (χ0) is 70.6. The maximum absolute atomic E-state index is 15.0. The van der Waals surface area contributed by atoms with Crippen molar-refractivity contribution in [3.8, 4) is 0 Å². The van der Waals surface area contributed by atoms with Crippen LogP contribution in [0.3, 0.4) is 0 Å². The summed E-state index contributed by atoms with van der Waals surface area (Å²) in [5.74, 6) is -8.23. The molecule has 2 aliphatic rings. The Bertz CT molecular complexity index is 3770. The Kier molecular flexibility index (Phi) is 20.5. The zero-order valence-corrected chi connectivity index (χ0v) is 59.9. The Balaban J connectivity index is 0.000000266. The summed E-state index contributed by atoms with van der Waals surface area (Å²) < 4.78 is 48.3. The number of halogens is 2. The van der Waals surface area contributed by atoms with Crippen LogP contribution < -0.4 is 9.80 Å². The standard InChI is InChI=1S/2C35H41BrN2O9/c2*1-32(2,3)45-26(39)18-35(23-16-15-20(36)17-25(23)38(29(35)41)31(43)47-34(7,8)9)27(28(40)44-10)22-19-37(30(42)46-33(4,5)6)24-14-12-11-13-21(22)24/h2*11-17,19,27H,18H2,1-10H3/t2*27-,35+/m00/s1. The van der Waals surface area contributed by atoms with Gasteiger partial charge in [0.1, 0.15) is 56.3 Å². The van der Waals surface area contributed by atoms with Crippen molar-refractivity contribution in [3.63, 3.8) is 0 Å². The Morgan fingerprint density at radius 1 is 0.415 bits per heavy atom. The Hall–Kier alpha value is -8.38.